The molecule has 1 aliphatic rings. The van der Waals surface area contributed by atoms with Crippen molar-refractivity contribution in [1.29, 1.82) is 0 Å². The summed E-state index contributed by atoms with van der Waals surface area (Å²) in [4.78, 5) is 10.6. The molecule has 0 amide bonds. The highest BCUT2D eigenvalue weighted by Gasteiger charge is 2.21. The summed E-state index contributed by atoms with van der Waals surface area (Å²) < 4.78 is 5.54. The molecule has 0 aliphatic carbocycles. The fourth-order valence-corrected chi connectivity index (χ4v) is 2.96. The fraction of sp³-hybridized carbons (Fsp3) is 0.667. The summed E-state index contributed by atoms with van der Waals surface area (Å²) in [5, 5.41) is 0.605. The maximum Gasteiger partial charge on any atom is 0.242 e. The molecule has 1 aliphatic heterocycles. The van der Waals surface area contributed by atoms with Crippen molar-refractivity contribution >= 4 is 23.3 Å². The van der Waals surface area contributed by atoms with E-state index in [9.17, 15) is 0 Å². The van der Waals surface area contributed by atoms with Gasteiger partial charge >= 0.3 is 0 Å². The summed E-state index contributed by atoms with van der Waals surface area (Å²) in [6, 6.07) is 0. The summed E-state index contributed by atoms with van der Waals surface area (Å²) in [7, 11) is 0. The summed E-state index contributed by atoms with van der Waals surface area (Å²) in [5.41, 5.74) is 6.66. The highest BCUT2D eigenvalue weighted by molar-refractivity contribution is 8.00. The highest BCUT2D eigenvalue weighted by Crippen LogP contribution is 2.30. The van der Waals surface area contributed by atoms with Gasteiger partial charge in [0.25, 0.3) is 0 Å². The van der Waals surface area contributed by atoms with Gasteiger partial charge in [0, 0.05) is 24.1 Å². The normalized spacial score (nSPS) is 19.9. The number of anilines is 2. The first-order valence-corrected chi connectivity index (χ1v) is 7.37. The molecule has 0 saturated carbocycles. The zero-order valence-corrected chi connectivity index (χ0v) is 11.7. The molecule has 0 aromatic carbocycles. The van der Waals surface area contributed by atoms with Crippen molar-refractivity contribution in [3.8, 4) is 5.88 Å². The van der Waals surface area contributed by atoms with E-state index in [0.29, 0.717) is 23.4 Å². The van der Waals surface area contributed by atoms with Crippen LogP contribution in [0.1, 0.15) is 20.3 Å². The smallest absolute Gasteiger partial charge is 0.242 e. The van der Waals surface area contributed by atoms with Gasteiger partial charge in [-0.1, -0.05) is 13.8 Å². The number of thioether (sulfide) groups is 1. The molecule has 5 nitrogen and oxygen atoms in total. The fourth-order valence-electron chi connectivity index (χ4n) is 1.95. The van der Waals surface area contributed by atoms with Crippen molar-refractivity contribution in [2.75, 3.05) is 36.1 Å². The lowest BCUT2D eigenvalue weighted by Gasteiger charge is -2.32. The van der Waals surface area contributed by atoms with Crippen LogP contribution in [0.5, 0.6) is 5.88 Å². The third kappa shape index (κ3) is 2.98. The van der Waals surface area contributed by atoms with Crippen molar-refractivity contribution in [1.82, 2.24) is 9.97 Å². The molecule has 0 spiro atoms. The van der Waals surface area contributed by atoms with Gasteiger partial charge in [-0.25, -0.2) is 4.98 Å². The highest BCUT2D eigenvalue weighted by atomic mass is 32.2. The molecule has 2 rings (SSSR count). The van der Waals surface area contributed by atoms with Gasteiger partial charge in [0.15, 0.2) is 5.82 Å². The third-order valence-corrected chi connectivity index (χ3v) is 3.95. The van der Waals surface area contributed by atoms with Crippen LogP contribution in [-0.4, -0.2) is 40.7 Å². The first kappa shape index (κ1) is 13.3. The first-order chi connectivity index (χ1) is 8.72. The Kier molecular flexibility index (Phi) is 4.52. The van der Waals surface area contributed by atoms with Crippen LogP contribution in [0.4, 0.5) is 11.5 Å². The van der Waals surface area contributed by atoms with Crippen LogP contribution in [-0.2, 0) is 0 Å². The van der Waals surface area contributed by atoms with Gasteiger partial charge in [-0.15, -0.1) is 0 Å². The van der Waals surface area contributed by atoms with E-state index in [1.54, 1.807) is 0 Å². The first-order valence-electron chi connectivity index (χ1n) is 6.32. The number of nitrogen functional groups attached to an aromatic ring is 1. The number of aromatic nitrogens is 2. The number of hydrogen-bond donors (Lipinski definition) is 1. The Morgan fingerprint density at radius 1 is 1.56 bits per heavy atom. The molecule has 2 N–H and O–H groups in total. The average Bonchev–Trinajstić information content (AvgIpc) is 2.37. The van der Waals surface area contributed by atoms with Gasteiger partial charge in [-0.3, -0.25) is 0 Å². The standard InChI is InChI=1S/C12H20N4OS/c1-3-5-17-12-10(13)11(14-8-15-12)16-4-6-18-9(2)7-16/h8-9H,3-7,13H2,1-2H3. The second kappa shape index (κ2) is 6.13. The lowest BCUT2D eigenvalue weighted by Crippen LogP contribution is -2.37. The maximum atomic E-state index is 6.10. The molecule has 1 unspecified atom stereocenters. The van der Waals surface area contributed by atoms with Gasteiger partial charge < -0.3 is 15.4 Å². The molecule has 18 heavy (non-hydrogen) atoms. The van der Waals surface area contributed by atoms with E-state index in [1.165, 1.54) is 6.33 Å². The largest absolute Gasteiger partial charge is 0.476 e. The molecule has 1 atom stereocenters. The number of hydrogen-bond acceptors (Lipinski definition) is 6. The Labute approximate surface area is 112 Å². The van der Waals surface area contributed by atoms with Crippen molar-refractivity contribution in [3.05, 3.63) is 6.33 Å². The van der Waals surface area contributed by atoms with Crippen LogP contribution in [0, 0.1) is 0 Å². The Morgan fingerprint density at radius 2 is 2.39 bits per heavy atom. The quantitative estimate of drug-likeness (QED) is 0.898. The third-order valence-electron chi connectivity index (χ3n) is 2.81. The minimum atomic E-state index is 0.507. The van der Waals surface area contributed by atoms with Crippen LogP contribution in [0.2, 0.25) is 0 Å². The Balaban J connectivity index is 2.16. The molecule has 0 radical (unpaired) electrons. The number of ether oxygens (including phenoxy) is 1. The van der Waals surface area contributed by atoms with Crippen LogP contribution < -0.4 is 15.4 Å². The topological polar surface area (TPSA) is 64.3 Å². The predicted molar refractivity (Wildman–Crippen MR) is 76.4 cm³/mol. The van der Waals surface area contributed by atoms with E-state index in [2.05, 4.69) is 28.7 Å². The number of rotatable bonds is 4. The van der Waals surface area contributed by atoms with E-state index < -0.39 is 0 Å². The van der Waals surface area contributed by atoms with Crippen molar-refractivity contribution in [2.45, 2.75) is 25.5 Å². The van der Waals surface area contributed by atoms with Crippen LogP contribution in [0.15, 0.2) is 6.33 Å². The van der Waals surface area contributed by atoms with Gasteiger partial charge in [-0.2, -0.15) is 16.7 Å². The lowest BCUT2D eigenvalue weighted by atomic mass is 10.3. The van der Waals surface area contributed by atoms with Crippen LogP contribution >= 0.6 is 11.8 Å². The Bertz CT molecular complexity index is 402. The summed E-state index contributed by atoms with van der Waals surface area (Å²) >= 11 is 1.98. The molecule has 0 bridgehead atoms. The van der Waals surface area contributed by atoms with Crippen molar-refractivity contribution < 1.29 is 4.74 Å². The van der Waals surface area contributed by atoms with Gasteiger partial charge in [0.05, 0.1) is 6.61 Å². The lowest BCUT2D eigenvalue weighted by molar-refractivity contribution is 0.306. The molecule has 1 fully saturated rings. The maximum absolute atomic E-state index is 6.10. The Morgan fingerprint density at radius 3 is 3.11 bits per heavy atom. The van der Waals surface area contributed by atoms with E-state index in [4.69, 9.17) is 10.5 Å². The molecule has 100 valence electrons. The minimum Gasteiger partial charge on any atom is -0.476 e. The number of nitrogens with two attached hydrogens (primary N) is 1. The molecule has 1 aromatic heterocycles. The molecule has 6 heteroatoms. The van der Waals surface area contributed by atoms with Gasteiger partial charge in [-0.05, 0) is 6.42 Å². The van der Waals surface area contributed by atoms with Crippen LogP contribution in [0.3, 0.4) is 0 Å². The average molecular weight is 268 g/mol. The zero-order valence-electron chi connectivity index (χ0n) is 10.9. The van der Waals surface area contributed by atoms with E-state index >= 15 is 0 Å². The molecule has 1 saturated heterocycles. The molecular weight excluding hydrogens is 248 g/mol. The second-order valence-corrected chi connectivity index (χ2v) is 5.94. The minimum absolute atomic E-state index is 0.507. The zero-order chi connectivity index (χ0) is 13.0. The molecule has 2 heterocycles. The van der Waals surface area contributed by atoms with E-state index in [1.807, 2.05) is 11.8 Å². The van der Waals surface area contributed by atoms with Crippen LogP contribution in [0.25, 0.3) is 0 Å². The Hall–Kier alpha value is -1.17. The summed E-state index contributed by atoms with van der Waals surface area (Å²) in [6.07, 6.45) is 2.47. The SMILES string of the molecule is CCCOc1ncnc(N2CCSC(C)C2)c1N. The second-order valence-electron chi connectivity index (χ2n) is 4.39. The summed E-state index contributed by atoms with van der Waals surface area (Å²) in [6.45, 7) is 6.86. The van der Waals surface area contributed by atoms with E-state index in [0.717, 1.165) is 31.1 Å². The van der Waals surface area contributed by atoms with Gasteiger partial charge in [0.2, 0.25) is 5.88 Å². The van der Waals surface area contributed by atoms with E-state index in [-0.39, 0.29) is 0 Å². The van der Waals surface area contributed by atoms with Crippen molar-refractivity contribution in [3.63, 3.8) is 0 Å². The van der Waals surface area contributed by atoms with Gasteiger partial charge in [0.1, 0.15) is 12.0 Å². The summed E-state index contributed by atoms with van der Waals surface area (Å²) in [5.74, 6) is 2.42. The number of nitrogens with zero attached hydrogens (tertiary/aromatic N) is 3. The molecule has 1 aromatic rings. The molecular formula is C12H20N4OS. The predicted octanol–water partition coefficient (Wildman–Crippen LogP) is 1.79. The monoisotopic (exact) mass is 268 g/mol. The van der Waals surface area contributed by atoms with Crippen molar-refractivity contribution in [2.24, 2.45) is 0 Å².